The van der Waals surface area contributed by atoms with Crippen LogP contribution >= 0.6 is 22.9 Å². The van der Waals surface area contributed by atoms with Gasteiger partial charge < -0.3 is 15.1 Å². The summed E-state index contributed by atoms with van der Waals surface area (Å²) >= 11 is 7.65. The number of hydrogen-bond donors (Lipinski definition) is 2. The predicted octanol–water partition coefficient (Wildman–Crippen LogP) is 6.10. The van der Waals surface area contributed by atoms with E-state index < -0.39 is 29.6 Å². The lowest BCUT2D eigenvalue weighted by atomic mass is 9.75. The number of benzene rings is 1. The Kier molecular flexibility index (Phi) is 9.68. The fourth-order valence-corrected chi connectivity index (χ4v) is 8.37. The highest BCUT2D eigenvalue weighted by atomic mass is 35.5. The maximum absolute atomic E-state index is 14.8. The van der Waals surface area contributed by atoms with Crippen molar-refractivity contribution in [3.05, 3.63) is 79.9 Å². The van der Waals surface area contributed by atoms with E-state index in [0.717, 1.165) is 5.56 Å². The predicted molar refractivity (Wildman–Crippen MR) is 199 cm³/mol. The number of piperidine rings is 1. The highest BCUT2D eigenvalue weighted by Crippen LogP contribution is 2.45. The molecule has 1 aliphatic heterocycles. The molecule has 2 N–H and O–H groups in total. The number of fused-ring (bicyclic) bond motifs is 2. The van der Waals surface area contributed by atoms with Crippen LogP contribution < -0.4 is 10.5 Å². The number of aromatic nitrogens is 4. The van der Waals surface area contributed by atoms with E-state index in [-0.39, 0.29) is 47.5 Å². The number of carboxylic acids is 1. The Morgan fingerprint density at radius 3 is 2.64 bits per heavy atom. The molecule has 5 heterocycles. The third-order valence-corrected chi connectivity index (χ3v) is 11.7. The lowest BCUT2D eigenvalue weighted by Gasteiger charge is -2.45. The number of aliphatic hydroxyl groups is 1. The number of nitrogens with zero attached hydrogens (tertiary/aromatic N) is 7. The van der Waals surface area contributed by atoms with Gasteiger partial charge in [-0.1, -0.05) is 23.4 Å². The summed E-state index contributed by atoms with van der Waals surface area (Å²) in [5, 5.41) is 32.3. The topological polar surface area (TPSA) is 148 Å². The van der Waals surface area contributed by atoms with Gasteiger partial charge in [0, 0.05) is 59.5 Å². The highest BCUT2D eigenvalue weighted by molar-refractivity contribution is 7.18. The van der Waals surface area contributed by atoms with Crippen LogP contribution in [0.4, 0.5) is 14.6 Å². The van der Waals surface area contributed by atoms with Crippen LogP contribution in [0.25, 0.3) is 32.2 Å². The van der Waals surface area contributed by atoms with E-state index in [1.165, 1.54) is 22.1 Å². The lowest BCUT2D eigenvalue weighted by molar-refractivity contribution is -0.224. The van der Waals surface area contributed by atoms with E-state index in [4.69, 9.17) is 11.6 Å². The van der Waals surface area contributed by atoms with Crippen LogP contribution in [0.1, 0.15) is 59.4 Å². The average molecular weight is 758 g/mol. The lowest BCUT2D eigenvalue weighted by Crippen LogP contribution is -2.59. The van der Waals surface area contributed by atoms with Gasteiger partial charge in [-0.2, -0.15) is 5.26 Å². The van der Waals surface area contributed by atoms with Gasteiger partial charge in [0.15, 0.2) is 0 Å². The number of halogens is 3. The van der Waals surface area contributed by atoms with Crippen molar-refractivity contribution in [3.63, 3.8) is 0 Å². The maximum atomic E-state index is 14.8. The Morgan fingerprint density at radius 2 is 1.96 bits per heavy atom. The Labute approximate surface area is 312 Å². The van der Waals surface area contributed by atoms with Crippen molar-refractivity contribution >= 4 is 55.8 Å². The Balaban J connectivity index is 1.15. The molecule has 5 aromatic rings. The van der Waals surface area contributed by atoms with Gasteiger partial charge in [-0.05, 0) is 63.3 Å². The maximum Gasteiger partial charge on any atom is 0.338 e. The van der Waals surface area contributed by atoms with E-state index in [2.05, 4.69) is 32.9 Å². The number of pyridine rings is 2. The van der Waals surface area contributed by atoms with Crippen LogP contribution in [0.2, 0.25) is 5.02 Å². The number of aromatic carboxylic acids is 1. The summed E-state index contributed by atoms with van der Waals surface area (Å²) in [5.41, 5.74) is 0.448. The van der Waals surface area contributed by atoms with E-state index in [1.54, 1.807) is 54.7 Å². The van der Waals surface area contributed by atoms with Crippen molar-refractivity contribution in [2.45, 2.75) is 63.1 Å². The van der Waals surface area contributed by atoms with Gasteiger partial charge in [-0.3, -0.25) is 19.2 Å². The fourth-order valence-electron chi connectivity index (χ4n) is 7.17. The summed E-state index contributed by atoms with van der Waals surface area (Å²) in [6.45, 7) is 1.91. The van der Waals surface area contributed by atoms with Crippen molar-refractivity contribution in [2.24, 2.45) is 0 Å². The summed E-state index contributed by atoms with van der Waals surface area (Å²) < 4.78 is 31.7. The number of aryl methyl sites for hydroxylation is 1. The number of carboxylic acid groups (broad SMARTS) is 1. The van der Waals surface area contributed by atoms with Crippen LogP contribution in [0.15, 0.2) is 46.8 Å². The largest absolute Gasteiger partial charge is 0.478 e. The molecule has 15 heteroatoms. The third kappa shape index (κ3) is 6.61. The van der Waals surface area contributed by atoms with Crippen LogP contribution in [0.5, 0.6) is 0 Å². The molecule has 1 saturated heterocycles. The van der Waals surface area contributed by atoms with Crippen molar-refractivity contribution < 1.29 is 23.8 Å². The van der Waals surface area contributed by atoms with E-state index in [1.807, 2.05) is 4.90 Å². The molecule has 11 nitrogen and oxygen atoms in total. The Bertz CT molecular complexity index is 2440. The molecule has 0 bridgehead atoms. The molecule has 1 aromatic carbocycles. The van der Waals surface area contributed by atoms with Gasteiger partial charge in [0.25, 0.3) is 11.5 Å². The molecule has 1 saturated carbocycles. The summed E-state index contributed by atoms with van der Waals surface area (Å²) in [6.07, 6.45) is 4.90. The SMILES string of the molecule is Cc1nc2cnc(N(C)C3CCN(CC(F)(F)C4(O)CCC4)CC3)c(C#N)c2c(=O)n1CC#Cc1ccc(Cl)cc1-c1ccnc2c(C(=O)O)csc12. The molecular formula is C38H34ClF2N7O4S. The minimum Gasteiger partial charge on any atom is -0.478 e. The first-order valence-electron chi connectivity index (χ1n) is 17.1. The van der Waals surface area contributed by atoms with Crippen molar-refractivity contribution in [3.8, 4) is 29.0 Å². The molecule has 2 fully saturated rings. The van der Waals surface area contributed by atoms with Gasteiger partial charge in [0.05, 0.1) is 46.0 Å². The van der Waals surface area contributed by atoms with E-state index in [9.17, 15) is 33.8 Å². The summed E-state index contributed by atoms with van der Waals surface area (Å²) in [7, 11) is 1.78. The number of thiophene rings is 1. The minimum atomic E-state index is -3.19. The van der Waals surface area contributed by atoms with Gasteiger partial charge in [0.2, 0.25) is 0 Å². The first-order valence-corrected chi connectivity index (χ1v) is 18.3. The number of anilines is 1. The van der Waals surface area contributed by atoms with Crippen molar-refractivity contribution in [1.29, 1.82) is 5.26 Å². The standard InChI is InChI=1S/C38H34ClF2N7O4S/c1-22-45-30-19-44-34(46(2)25-9-15-47(16-10-25)21-38(40,41)37(52)11-4-12-37)28(18-42)31(30)35(49)48(22)14-3-5-23-6-7-24(39)17-27(23)26-8-13-43-32-29(36(50)51)20-53-33(26)32/h6-8,13,17,19-20,25,52H,4,9-12,14-16,21H2,1-2H3,(H,50,51). The molecule has 7 rings (SSSR count). The fraction of sp³-hybridized carbons (Fsp3) is 0.368. The number of likely N-dealkylation sites (tertiary alicyclic amines) is 1. The molecule has 0 atom stereocenters. The molecule has 1 aliphatic carbocycles. The molecule has 272 valence electrons. The van der Waals surface area contributed by atoms with Crippen LogP contribution in [0, 0.1) is 30.1 Å². The normalized spacial score (nSPS) is 16.2. The average Bonchev–Trinajstić information content (AvgIpc) is 3.57. The molecule has 2 aliphatic rings. The van der Waals surface area contributed by atoms with Crippen molar-refractivity contribution in [1.82, 2.24) is 24.4 Å². The van der Waals surface area contributed by atoms with Crippen LogP contribution in [-0.2, 0) is 6.54 Å². The summed E-state index contributed by atoms with van der Waals surface area (Å²) in [5.74, 6) is 2.64. The molecule has 4 aromatic heterocycles. The quantitative estimate of drug-likeness (QED) is 0.178. The molecule has 0 radical (unpaired) electrons. The molecule has 0 spiro atoms. The van der Waals surface area contributed by atoms with Gasteiger partial charge in [-0.25, -0.2) is 23.5 Å². The Morgan fingerprint density at radius 1 is 1.21 bits per heavy atom. The van der Waals surface area contributed by atoms with Gasteiger partial charge in [-0.15, -0.1) is 11.3 Å². The monoisotopic (exact) mass is 757 g/mol. The minimum absolute atomic E-state index is 0.0415. The summed E-state index contributed by atoms with van der Waals surface area (Å²) in [4.78, 5) is 42.7. The zero-order chi connectivity index (χ0) is 37.7. The smallest absolute Gasteiger partial charge is 0.338 e. The first kappa shape index (κ1) is 36.4. The number of alkyl halides is 2. The molecular weight excluding hydrogens is 724 g/mol. The number of rotatable bonds is 8. The third-order valence-electron chi connectivity index (χ3n) is 10.4. The second-order valence-electron chi connectivity index (χ2n) is 13.6. The van der Waals surface area contributed by atoms with Crippen molar-refractivity contribution in [2.75, 3.05) is 31.6 Å². The zero-order valence-electron chi connectivity index (χ0n) is 28.9. The van der Waals surface area contributed by atoms with E-state index in [0.29, 0.717) is 70.4 Å². The second-order valence-corrected chi connectivity index (χ2v) is 14.9. The zero-order valence-corrected chi connectivity index (χ0v) is 30.4. The van der Waals surface area contributed by atoms with Gasteiger partial charge >= 0.3 is 5.97 Å². The van der Waals surface area contributed by atoms with Crippen LogP contribution in [-0.4, -0.2) is 84.8 Å². The first-order chi connectivity index (χ1) is 25.3. The summed E-state index contributed by atoms with van der Waals surface area (Å²) in [6, 6.07) is 9.03. The Hall–Kier alpha value is -4.99. The van der Waals surface area contributed by atoms with Gasteiger partial charge in [0.1, 0.15) is 28.9 Å². The second kappa shape index (κ2) is 14.1. The van der Waals surface area contributed by atoms with E-state index >= 15 is 0 Å². The van der Waals surface area contributed by atoms with Crippen LogP contribution in [0.3, 0.4) is 0 Å². The number of hydrogen-bond acceptors (Lipinski definition) is 10. The highest BCUT2D eigenvalue weighted by Gasteiger charge is 2.56. The number of carbonyl (C=O) groups is 1. The number of nitriles is 1. The molecule has 53 heavy (non-hydrogen) atoms. The molecule has 0 amide bonds. The molecule has 0 unspecified atom stereocenters.